The first kappa shape index (κ1) is 24.3. The normalized spacial score (nSPS) is 19.3. The number of thiazole rings is 1. The molecule has 0 bridgehead atoms. The first-order valence-electron chi connectivity index (χ1n) is 10.7. The number of carbonyl (C=O) groups excluding carboxylic acids is 3. The summed E-state index contributed by atoms with van der Waals surface area (Å²) in [5, 5.41) is 28.7. The van der Waals surface area contributed by atoms with Crippen LogP contribution >= 0.6 is 23.1 Å². The van der Waals surface area contributed by atoms with Crippen molar-refractivity contribution in [2.75, 3.05) is 18.6 Å². The molecule has 188 valence electrons. The maximum Gasteiger partial charge on any atom is 0.289 e. The van der Waals surface area contributed by atoms with Crippen molar-refractivity contribution in [3.05, 3.63) is 58.8 Å². The molecule has 1 saturated heterocycles. The van der Waals surface area contributed by atoms with Crippen LogP contribution in [-0.2, 0) is 25.8 Å². The third-order valence-corrected chi connectivity index (χ3v) is 7.85. The van der Waals surface area contributed by atoms with Gasteiger partial charge in [0.25, 0.3) is 17.5 Å². The Hall–Kier alpha value is -4.42. The van der Waals surface area contributed by atoms with Gasteiger partial charge in [0.15, 0.2) is 23.1 Å². The first-order valence-corrected chi connectivity index (χ1v) is 12.7. The zero-order chi connectivity index (χ0) is 26.3. The Kier molecular flexibility index (Phi) is 6.27. The highest BCUT2D eigenvalue weighted by Gasteiger charge is 2.53. The monoisotopic (exact) mass is 538 g/mol. The second kappa shape index (κ2) is 9.56. The van der Waals surface area contributed by atoms with Gasteiger partial charge in [0.1, 0.15) is 24.2 Å². The van der Waals surface area contributed by atoms with Gasteiger partial charge in [-0.2, -0.15) is 5.26 Å². The van der Waals surface area contributed by atoms with Crippen molar-refractivity contribution in [3.8, 4) is 11.8 Å². The summed E-state index contributed by atoms with van der Waals surface area (Å²) >= 11 is 2.44. The number of oxime groups is 1. The number of aliphatic carboxylic acids is 1. The number of fused-ring (bicyclic) bond motifs is 2. The molecule has 0 aromatic carbocycles. The molecule has 4 aliphatic rings. The standard InChI is InChI=1S/C22H18N8O5S2/c1-35-27-15(14-10-37-22(24)25-14)18(31)26-16-19(32)30-17(21(33)34)11(9-36-20(16)30)7-28-4-5-29-12(6-23)2-3-13(29)8-28/h2-5,8,10,16,20H,7,9H2,1H3,(H3-,24,25,26,31,33,34)/b27-15-/t16-,20+/m1/s1. The molecule has 0 saturated carbocycles. The molecular weight excluding hydrogens is 520 g/mol. The van der Waals surface area contributed by atoms with Crippen molar-refractivity contribution in [1.29, 1.82) is 5.26 Å². The van der Waals surface area contributed by atoms with Crippen molar-refractivity contribution < 1.29 is 28.9 Å². The number of nitrogens with zero attached hydrogens (tertiary/aromatic N) is 6. The summed E-state index contributed by atoms with van der Waals surface area (Å²) in [5.41, 5.74) is 7.19. The van der Waals surface area contributed by atoms with Crippen molar-refractivity contribution in [2.45, 2.75) is 18.0 Å². The Morgan fingerprint density at radius 1 is 1.46 bits per heavy atom. The van der Waals surface area contributed by atoms with Gasteiger partial charge in [-0.25, -0.2) is 4.98 Å². The average molecular weight is 539 g/mol. The summed E-state index contributed by atoms with van der Waals surface area (Å²) in [7, 11) is 1.27. The largest absolute Gasteiger partial charge is 0.543 e. The molecule has 15 heteroatoms. The lowest BCUT2D eigenvalue weighted by Crippen LogP contribution is -2.71. The molecule has 3 N–H and O–H groups in total. The van der Waals surface area contributed by atoms with Crippen LogP contribution in [-0.4, -0.2) is 62.2 Å². The van der Waals surface area contributed by atoms with Gasteiger partial charge in [-0.15, -0.1) is 27.7 Å². The van der Waals surface area contributed by atoms with Crippen LogP contribution < -0.4 is 20.7 Å². The number of rotatable bonds is 7. The summed E-state index contributed by atoms with van der Waals surface area (Å²) in [6, 6.07) is 4.59. The van der Waals surface area contributed by atoms with Crippen LogP contribution in [0.25, 0.3) is 5.69 Å². The summed E-state index contributed by atoms with van der Waals surface area (Å²) in [4.78, 5) is 47.9. The van der Waals surface area contributed by atoms with Crippen LogP contribution in [0.2, 0.25) is 0 Å². The summed E-state index contributed by atoms with van der Waals surface area (Å²) < 4.78 is 3.48. The third-order valence-electron chi connectivity index (χ3n) is 5.83. The van der Waals surface area contributed by atoms with Crippen molar-refractivity contribution in [2.24, 2.45) is 5.16 Å². The summed E-state index contributed by atoms with van der Waals surface area (Å²) in [6.07, 6.45) is 5.20. The van der Waals surface area contributed by atoms with E-state index in [1.807, 2.05) is 0 Å². The highest BCUT2D eigenvalue weighted by molar-refractivity contribution is 8.00. The van der Waals surface area contributed by atoms with E-state index in [-0.39, 0.29) is 28.8 Å². The van der Waals surface area contributed by atoms with Crippen LogP contribution in [0.5, 0.6) is 0 Å². The summed E-state index contributed by atoms with van der Waals surface area (Å²) in [6.45, 7) is 0.198. The van der Waals surface area contributed by atoms with Gasteiger partial charge in [0.2, 0.25) is 5.69 Å². The molecule has 2 atom stereocenters. The van der Waals surface area contributed by atoms with E-state index in [4.69, 9.17) is 10.6 Å². The van der Waals surface area contributed by atoms with E-state index in [0.717, 1.165) is 21.9 Å². The highest BCUT2D eigenvalue weighted by Crippen LogP contribution is 2.40. The lowest BCUT2D eigenvalue weighted by atomic mass is 10.0. The van der Waals surface area contributed by atoms with Crippen molar-refractivity contribution in [3.63, 3.8) is 0 Å². The predicted molar refractivity (Wildman–Crippen MR) is 129 cm³/mol. The maximum absolute atomic E-state index is 13.0. The van der Waals surface area contributed by atoms with Crippen molar-refractivity contribution in [1.82, 2.24) is 19.8 Å². The minimum absolute atomic E-state index is 0.157. The van der Waals surface area contributed by atoms with E-state index in [2.05, 4.69) is 21.5 Å². The Labute approximate surface area is 217 Å². The van der Waals surface area contributed by atoms with E-state index in [0.29, 0.717) is 17.0 Å². The second-order valence-electron chi connectivity index (χ2n) is 8.02. The number of carboxylic acids is 1. The molecule has 2 amide bonds. The number of aromatic nitrogens is 3. The number of carboxylic acid groups (broad SMARTS) is 1. The Morgan fingerprint density at radius 3 is 2.95 bits per heavy atom. The van der Waals surface area contributed by atoms with Crippen LogP contribution in [0.15, 0.2) is 52.5 Å². The Morgan fingerprint density at radius 2 is 2.27 bits per heavy atom. The smallest absolute Gasteiger partial charge is 0.289 e. The number of nitrogens with two attached hydrogens (primary N) is 1. The zero-order valence-corrected chi connectivity index (χ0v) is 20.8. The topological polar surface area (TPSA) is 183 Å². The van der Waals surface area contributed by atoms with E-state index in [1.165, 1.54) is 24.3 Å². The minimum Gasteiger partial charge on any atom is -0.543 e. The highest BCUT2D eigenvalue weighted by atomic mass is 32.2. The number of hydrogen-bond acceptors (Lipinski definition) is 11. The lowest BCUT2D eigenvalue weighted by Gasteiger charge is -2.50. The Balaban J connectivity index is 1.36. The Bertz CT molecular complexity index is 1500. The minimum atomic E-state index is -1.48. The van der Waals surface area contributed by atoms with E-state index >= 15 is 0 Å². The fourth-order valence-electron chi connectivity index (χ4n) is 4.21. The van der Waals surface area contributed by atoms with Gasteiger partial charge in [-0.05, 0) is 5.57 Å². The zero-order valence-electron chi connectivity index (χ0n) is 19.2. The van der Waals surface area contributed by atoms with Crippen LogP contribution in [0, 0.1) is 11.3 Å². The first-order chi connectivity index (χ1) is 17.8. The number of β-lactam (4-membered cyclic amide) rings is 1. The molecule has 4 aliphatic heterocycles. The number of nitrogens with one attached hydrogen (secondary N) is 1. The molecule has 5 heterocycles. The maximum atomic E-state index is 13.0. The number of nitriles is 1. The molecular formula is C22H18N8O5S2. The van der Waals surface area contributed by atoms with Gasteiger partial charge in [0, 0.05) is 29.8 Å². The van der Waals surface area contributed by atoms with E-state index < -0.39 is 29.2 Å². The molecule has 0 aliphatic carbocycles. The lowest BCUT2D eigenvalue weighted by molar-refractivity contribution is -0.596. The number of amides is 2. The fourth-order valence-corrected chi connectivity index (χ4v) is 6.09. The molecule has 1 aromatic rings. The SMILES string of the molecule is CO/N=C(\C(=O)N[C@@H]1C(=O)N2C(C(=O)[O-])=C(Cn3cc[n+]4c(C#N)ccc-4c3)CS[C@@H]12)c1csc(N)n1. The van der Waals surface area contributed by atoms with Gasteiger partial charge >= 0.3 is 0 Å². The van der Waals surface area contributed by atoms with Gasteiger partial charge in [-0.1, -0.05) is 5.16 Å². The van der Waals surface area contributed by atoms with Crippen LogP contribution in [0.4, 0.5) is 5.13 Å². The fraction of sp³-hybridized carbons (Fsp3) is 0.227. The van der Waals surface area contributed by atoms with E-state index in [9.17, 15) is 24.8 Å². The average Bonchev–Trinajstić information content (AvgIpc) is 3.50. The third kappa shape index (κ3) is 4.26. The number of thioether (sulfide) groups is 1. The van der Waals surface area contributed by atoms with Crippen molar-refractivity contribution >= 4 is 51.7 Å². The molecule has 0 radical (unpaired) electrons. The van der Waals surface area contributed by atoms with Gasteiger partial charge in [-0.3, -0.25) is 14.5 Å². The second-order valence-corrected chi connectivity index (χ2v) is 10.0. The van der Waals surface area contributed by atoms with Crippen LogP contribution in [0.3, 0.4) is 0 Å². The number of nitrogen functional groups attached to an aromatic ring is 1. The molecule has 13 nitrogen and oxygen atoms in total. The summed E-state index contributed by atoms with van der Waals surface area (Å²) in [5.74, 6) is -2.46. The van der Waals surface area contributed by atoms with Crippen LogP contribution in [0.1, 0.15) is 11.4 Å². The molecule has 5 rings (SSSR count). The quantitative estimate of drug-likeness (QED) is 0.158. The molecule has 0 spiro atoms. The predicted octanol–water partition coefficient (Wildman–Crippen LogP) is -1.43. The molecule has 0 unspecified atom stereocenters. The number of carbonyl (C=O) groups is 3. The number of anilines is 1. The molecule has 1 aromatic heterocycles. The molecule has 1 fully saturated rings. The van der Waals surface area contributed by atoms with Gasteiger partial charge < -0.3 is 30.4 Å². The molecule has 37 heavy (non-hydrogen) atoms. The number of hydrogen-bond donors (Lipinski definition) is 2. The van der Waals surface area contributed by atoms with E-state index in [1.54, 1.807) is 39.9 Å². The van der Waals surface area contributed by atoms with Gasteiger partial charge in [0.05, 0.1) is 24.1 Å².